The van der Waals surface area contributed by atoms with Crippen LogP contribution in [-0.4, -0.2) is 59.6 Å². The monoisotopic (exact) mass is 528 g/mol. The molecule has 188 valence electrons. The third-order valence-electron chi connectivity index (χ3n) is 5.91. The molecule has 2 saturated heterocycles. The number of hydrogen-bond acceptors (Lipinski definition) is 7. The highest BCUT2D eigenvalue weighted by atomic mass is 35.5. The Morgan fingerprint density at radius 2 is 1.78 bits per heavy atom. The molecule has 0 unspecified atom stereocenters. The Hall–Kier alpha value is -3.30. The van der Waals surface area contributed by atoms with Crippen molar-refractivity contribution in [3.63, 3.8) is 0 Å². The van der Waals surface area contributed by atoms with E-state index in [1.807, 2.05) is 6.92 Å². The van der Waals surface area contributed by atoms with Gasteiger partial charge in [-0.15, -0.1) is 0 Å². The average molecular weight is 529 g/mol. The molecule has 2 aliphatic heterocycles. The SMILES string of the molecule is COc1cc(/C=C2\SC(=O)N(CC(=O)N3CCCCC3)C2=O)cc(Cl)c1OC(=O)c1ccc(C)cc1. The molecule has 2 heterocycles. The summed E-state index contributed by atoms with van der Waals surface area (Å²) in [7, 11) is 1.40. The lowest BCUT2D eigenvalue weighted by Gasteiger charge is -2.27. The van der Waals surface area contributed by atoms with Gasteiger partial charge in [-0.1, -0.05) is 29.3 Å². The van der Waals surface area contributed by atoms with E-state index in [1.54, 1.807) is 35.2 Å². The highest BCUT2D eigenvalue weighted by Crippen LogP contribution is 2.39. The first kappa shape index (κ1) is 25.8. The quantitative estimate of drug-likeness (QED) is 0.298. The minimum Gasteiger partial charge on any atom is -0.493 e. The molecule has 0 spiro atoms. The highest BCUT2D eigenvalue weighted by molar-refractivity contribution is 8.18. The fourth-order valence-electron chi connectivity index (χ4n) is 3.93. The zero-order valence-electron chi connectivity index (χ0n) is 19.9. The third kappa shape index (κ3) is 5.74. The van der Waals surface area contributed by atoms with E-state index in [0.29, 0.717) is 24.2 Å². The number of imide groups is 1. The lowest BCUT2D eigenvalue weighted by atomic mass is 10.1. The van der Waals surface area contributed by atoms with Crippen molar-refractivity contribution in [2.24, 2.45) is 0 Å². The molecule has 2 aliphatic rings. The van der Waals surface area contributed by atoms with Crippen LogP contribution < -0.4 is 9.47 Å². The summed E-state index contributed by atoms with van der Waals surface area (Å²) < 4.78 is 10.8. The minimum absolute atomic E-state index is 0.0436. The molecular weight excluding hydrogens is 504 g/mol. The predicted molar refractivity (Wildman–Crippen MR) is 137 cm³/mol. The zero-order chi connectivity index (χ0) is 25.8. The Morgan fingerprint density at radius 3 is 2.44 bits per heavy atom. The summed E-state index contributed by atoms with van der Waals surface area (Å²) in [5.41, 5.74) is 1.84. The summed E-state index contributed by atoms with van der Waals surface area (Å²) in [5.74, 6) is -1.14. The van der Waals surface area contributed by atoms with Gasteiger partial charge in [0, 0.05) is 13.1 Å². The molecule has 2 fully saturated rings. The molecule has 3 amide bonds. The number of halogens is 1. The van der Waals surface area contributed by atoms with Crippen molar-refractivity contribution in [3.8, 4) is 11.5 Å². The fraction of sp³-hybridized carbons (Fsp3) is 0.308. The van der Waals surface area contributed by atoms with E-state index in [9.17, 15) is 19.2 Å². The minimum atomic E-state index is -0.595. The Balaban J connectivity index is 1.51. The molecule has 10 heteroatoms. The van der Waals surface area contributed by atoms with Crippen LogP contribution in [0.1, 0.15) is 40.7 Å². The van der Waals surface area contributed by atoms with Crippen LogP contribution in [0.5, 0.6) is 11.5 Å². The lowest BCUT2D eigenvalue weighted by Crippen LogP contribution is -2.44. The number of hydrogen-bond donors (Lipinski definition) is 0. The van der Waals surface area contributed by atoms with Gasteiger partial charge in [-0.3, -0.25) is 19.3 Å². The first-order valence-electron chi connectivity index (χ1n) is 11.5. The first-order chi connectivity index (χ1) is 17.3. The van der Waals surface area contributed by atoms with Gasteiger partial charge in [-0.25, -0.2) is 4.79 Å². The molecule has 0 saturated carbocycles. The lowest BCUT2D eigenvalue weighted by molar-refractivity contribution is -0.136. The van der Waals surface area contributed by atoms with Crippen LogP contribution in [0.3, 0.4) is 0 Å². The summed E-state index contributed by atoms with van der Waals surface area (Å²) in [5, 5.41) is -0.404. The van der Waals surface area contributed by atoms with Gasteiger partial charge in [0.25, 0.3) is 11.1 Å². The Bertz CT molecular complexity index is 1240. The molecule has 2 aromatic rings. The molecule has 36 heavy (non-hydrogen) atoms. The van der Waals surface area contributed by atoms with Crippen LogP contribution in [-0.2, 0) is 9.59 Å². The van der Waals surface area contributed by atoms with Gasteiger partial charge in [0.2, 0.25) is 5.91 Å². The molecule has 8 nitrogen and oxygen atoms in total. The summed E-state index contributed by atoms with van der Waals surface area (Å²) in [4.78, 5) is 53.3. The van der Waals surface area contributed by atoms with Crippen LogP contribution in [0.15, 0.2) is 41.3 Å². The smallest absolute Gasteiger partial charge is 0.343 e. The normalized spacial score (nSPS) is 17.0. The number of amides is 3. The molecule has 4 rings (SSSR count). The molecule has 0 radical (unpaired) electrons. The molecule has 0 bridgehead atoms. The molecule has 0 N–H and O–H groups in total. The van der Waals surface area contributed by atoms with Crippen LogP contribution in [0.25, 0.3) is 6.08 Å². The van der Waals surface area contributed by atoms with Crippen LogP contribution in [0, 0.1) is 6.92 Å². The van der Waals surface area contributed by atoms with E-state index in [4.69, 9.17) is 21.1 Å². The number of thioether (sulfide) groups is 1. The van der Waals surface area contributed by atoms with Crippen molar-refractivity contribution < 1.29 is 28.7 Å². The number of benzene rings is 2. The van der Waals surface area contributed by atoms with E-state index in [2.05, 4.69) is 0 Å². The number of carbonyl (C=O) groups excluding carboxylic acids is 4. The largest absolute Gasteiger partial charge is 0.493 e. The van der Waals surface area contributed by atoms with Crippen molar-refractivity contribution >= 4 is 52.5 Å². The molecular formula is C26H25ClN2O6S. The maximum absolute atomic E-state index is 12.9. The molecule has 2 aromatic carbocycles. The van der Waals surface area contributed by atoms with Gasteiger partial charge in [-0.05, 0) is 73.9 Å². The van der Waals surface area contributed by atoms with Crippen LogP contribution in [0.4, 0.5) is 4.79 Å². The number of ether oxygens (including phenoxy) is 2. The predicted octanol–water partition coefficient (Wildman–Crippen LogP) is 4.93. The van der Waals surface area contributed by atoms with Gasteiger partial charge in [0.15, 0.2) is 11.5 Å². The van der Waals surface area contributed by atoms with Gasteiger partial charge < -0.3 is 14.4 Å². The second-order valence-electron chi connectivity index (χ2n) is 8.50. The van der Waals surface area contributed by atoms with Crippen molar-refractivity contribution in [1.29, 1.82) is 0 Å². The summed E-state index contributed by atoms with van der Waals surface area (Å²) in [6.07, 6.45) is 4.42. The van der Waals surface area contributed by atoms with E-state index in [0.717, 1.165) is 41.5 Å². The molecule has 0 atom stereocenters. The Kier molecular flexibility index (Phi) is 8.01. The van der Waals surface area contributed by atoms with Gasteiger partial charge in [0.05, 0.1) is 22.6 Å². The van der Waals surface area contributed by atoms with Crippen molar-refractivity contribution in [2.45, 2.75) is 26.2 Å². The third-order valence-corrected chi connectivity index (χ3v) is 7.10. The number of esters is 1. The Labute approximate surface area is 218 Å². The zero-order valence-corrected chi connectivity index (χ0v) is 21.5. The maximum atomic E-state index is 12.9. The van der Waals surface area contributed by atoms with Gasteiger partial charge in [0.1, 0.15) is 6.54 Å². The number of nitrogens with zero attached hydrogens (tertiary/aromatic N) is 2. The van der Waals surface area contributed by atoms with Gasteiger partial charge in [-0.2, -0.15) is 0 Å². The van der Waals surface area contributed by atoms with Crippen molar-refractivity contribution in [2.75, 3.05) is 26.7 Å². The van der Waals surface area contributed by atoms with Gasteiger partial charge >= 0.3 is 5.97 Å². The number of piperidine rings is 1. The summed E-state index contributed by atoms with van der Waals surface area (Å²) >= 11 is 7.15. The summed E-state index contributed by atoms with van der Waals surface area (Å²) in [6, 6.07) is 9.96. The number of carbonyl (C=O) groups is 4. The second kappa shape index (κ2) is 11.2. The topological polar surface area (TPSA) is 93.2 Å². The van der Waals surface area contributed by atoms with E-state index >= 15 is 0 Å². The first-order valence-corrected chi connectivity index (χ1v) is 12.7. The van der Waals surface area contributed by atoms with E-state index in [1.165, 1.54) is 19.3 Å². The molecule has 0 aliphatic carbocycles. The van der Waals surface area contributed by atoms with Crippen molar-refractivity contribution in [3.05, 3.63) is 63.0 Å². The average Bonchev–Trinajstić information content (AvgIpc) is 3.13. The van der Waals surface area contributed by atoms with Crippen LogP contribution in [0.2, 0.25) is 5.02 Å². The number of rotatable bonds is 6. The van der Waals surface area contributed by atoms with E-state index in [-0.39, 0.29) is 33.9 Å². The molecule has 0 aromatic heterocycles. The van der Waals surface area contributed by atoms with Crippen LogP contribution >= 0.6 is 23.4 Å². The Morgan fingerprint density at radius 1 is 1.08 bits per heavy atom. The number of likely N-dealkylation sites (tertiary alicyclic amines) is 1. The maximum Gasteiger partial charge on any atom is 0.343 e. The number of aryl methyl sites for hydroxylation is 1. The van der Waals surface area contributed by atoms with E-state index < -0.39 is 17.1 Å². The van der Waals surface area contributed by atoms with Crippen molar-refractivity contribution in [1.82, 2.24) is 9.80 Å². The standard InChI is InChI=1S/C26H25ClN2O6S/c1-16-6-8-18(9-7-16)25(32)35-23-19(27)12-17(13-20(23)34-2)14-21-24(31)29(26(33)36-21)15-22(30)28-10-4-3-5-11-28/h6-9,12-14H,3-5,10-11,15H2,1-2H3/b21-14-. The second-order valence-corrected chi connectivity index (χ2v) is 9.90. The fourth-order valence-corrected chi connectivity index (χ4v) is 5.03. The summed E-state index contributed by atoms with van der Waals surface area (Å²) in [6.45, 7) is 2.92. The highest BCUT2D eigenvalue weighted by Gasteiger charge is 2.37. The number of methoxy groups -OCH3 is 1.